The summed E-state index contributed by atoms with van der Waals surface area (Å²) in [5.74, 6) is 7.25. The lowest BCUT2D eigenvalue weighted by Gasteiger charge is -1.91. The van der Waals surface area contributed by atoms with Crippen molar-refractivity contribution in [1.29, 1.82) is 0 Å². The lowest BCUT2D eigenvalue weighted by atomic mass is 10.1. The van der Waals surface area contributed by atoms with Crippen LogP contribution in [0.15, 0.2) is 59.0 Å². The number of furan rings is 1. The Bertz CT molecular complexity index is 739. The first-order valence-corrected chi connectivity index (χ1v) is 5.88. The Hall–Kier alpha value is -2.46. The van der Waals surface area contributed by atoms with Gasteiger partial charge in [0.15, 0.2) is 0 Å². The van der Waals surface area contributed by atoms with E-state index in [1.807, 2.05) is 55.5 Å². The molecule has 0 amide bonds. The fourth-order valence-corrected chi connectivity index (χ4v) is 1.92. The van der Waals surface area contributed by atoms with Crippen molar-refractivity contribution in [3.8, 4) is 11.8 Å². The molecule has 1 heteroatoms. The molecule has 3 aromatic rings. The number of fused-ring (bicyclic) bond motifs is 1. The summed E-state index contributed by atoms with van der Waals surface area (Å²) < 4.78 is 5.54. The minimum absolute atomic E-state index is 0.915. The zero-order valence-electron chi connectivity index (χ0n) is 10.1. The lowest BCUT2D eigenvalue weighted by molar-refractivity contribution is 0.578. The van der Waals surface area contributed by atoms with E-state index in [1.54, 1.807) is 0 Å². The highest BCUT2D eigenvalue weighted by Gasteiger charge is 1.99. The minimum atomic E-state index is 0.915. The van der Waals surface area contributed by atoms with Crippen molar-refractivity contribution >= 4 is 11.0 Å². The van der Waals surface area contributed by atoms with Crippen LogP contribution in [0.4, 0.5) is 0 Å². The summed E-state index contributed by atoms with van der Waals surface area (Å²) in [6.07, 6.45) is 0. The third-order valence-corrected chi connectivity index (χ3v) is 2.76. The number of rotatable bonds is 0. The van der Waals surface area contributed by atoms with Gasteiger partial charge < -0.3 is 4.42 Å². The van der Waals surface area contributed by atoms with Crippen LogP contribution >= 0.6 is 0 Å². The number of hydrogen-bond acceptors (Lipinski definition) is 1. The number of aryl methyl sites for hydroxylation is 1. The summed E-state index contributed by atoms with van der Waals surface area (Å²) in [4.78, 5) is 0. The van der Waals surface area contributed by atoms with Crippen molar-refractivity contribution in [2.75, 3.05) is 0 Å². The van der Waals surface area contributed by atoms with E-state index in [0.29, 0.717) is 0 Å². The van der Waals surface area contributed by atoms with E-state index in [4.69, 9.17) is 4.42 Å². The van der Waals surface area contributed by atoms with E-state index in [1.165, 1.54) is 0 Å². The van der Waals surface area contributed by atoms with Crippen LogP contribution in [-0.2, 0) is 0 Å². The molecule has 18 heavy (non-hydrogen) atoms. The molecule has 0 unspecified atom stereocenters. The summed E-state index contributed by atoms with van der Waals surface area (Å²) in [6, 6.07) is 18.0. The molecule has 0 aliphatic heterocycles. The van der Waals surface area contributed by atoms with Crippen molar-refractivity contribution < 1.29 is 4.42 Å². The van der Waals surface area contributed by atoms with Gasteiger partial charge in [0, 0.05) is 16.5 Å². The van der Waals surface area contributed by atoms with Crippen LogP contribution in [0.5, 0.6) is 0 Å². The predicted octanol–water partition coefficient (Wildman–Crippen LogP) is 4.14. The smallest absolute Gasteiger partial charge is 0.134 e. The summed E-state index contributed by atoms with van der Waals surface area (Å²) in [5, 5.41) is 1.10. The standard InChI is InChI=1S/C17H12O/c1-13-11-16-12-15(9-10-17(16)18-13)8-7-14-5-3-2-4-6-14/h2-6,9-12H,1H3. The Labute approximate surface area is 106 Å². The molecule has 86 valence electrons. The summed E-state index contributed by atoms with van der Waals surface area (Å²) in [7, 11) is 0. The van der Waals surface area contributed by atoms with Crippen LogP contribution in [0.1, 0.15) is 16.9 Å². The Kier molecular flexibility index (Phi) is 2.63. The Balaban J connectivity index is 1.98. The highest BCUT2D eigenvalue weighted by Crippen LogP contribution is 2.19. The second-order valence-electron chi connectivity index (χ2n) is 4.23. The molecular weight excluding hydrogens is 220 g/mol. The second kappa shape index (κ2) is 4.43. The average molecular weight is 232 g/mol. The third kappa shape index (κ3) is 2.14. The fourth-order valence-electron chi connectivity index (χ4n) is 1.92. The van der Waals surface area contributed by atoms with Gasteiger partial charge >= 0.3 is 0 Å². The van der Waals surface area contributed by atoms with Gasteiger partial charge in [-0.05, 0) is 43.3 Å². The van der Waals surface area contributed by atoms with Gasteiger partial charge in [0.1, 0.15) is 11.3 Å². The van der Waals surface area contributed by atoms with Gasteiger partial charge in [-0.15, -0.1) is 0 Å². The number of hydrogen-bond donors (Lipinski definition) is 0. The molecule has 3 rings (SSSR count). The topological polar surface area (TPSA) is 13.1 Å². The molecule has 0 atom stereocenters. The number of benzene rings is 2. The molecule has 0 aliphatic carbocycles. The lowest BCUT2D eigenvalue weighted by Crippen LogP contribution is -1.75. The van der Waals surface area contributed by atoms with E-state index in [0.717, 1.165) is 27.9 Å². The summed E-state index contributed by atoms with van der Waals surface area (Å²) in [6.45, 7) is 1.95. The molecule has 1 aromatic heterocycles. The molecule has 1 nitrogen and oxygen atoms in total. The Morgan fingerprint density at radius 1 is 0.833 bits per heavy atom. The van der Waals surface area contributed by atoms with Crippen molar-refractivity contribution in [3.63, 3.8) is 0 Å². The van der Waals surface area contributed by atoms with E-state index in [9.17, 15) is 0 Å². The average Bonchev–Trinajstić information content (AvgIpc) is 2.77. The van der Waals surface area contributed by atoms with Crippen LogP contribution in [-0.4, -0.2) is 0 Å². The third-order valence-electron chi connectivity index (χ3n) is 2.76. The van der Waals surface area contributed by atoms with Gasteiger partial charge in [-0.2, -0.15) is 0 Å². The maximum absolute atomic E-state index is 5.54. The fraction of sp³-hybridized carbons (Fsp3) is 0.0588. The first kappa shape index (κ1) is 10.7. The zero-order chi connectivity index (χ0) is 12.4. The van der Waals surface area contributed by atoms with Gasteiger partial charge in [-0.25, -0.2) is 0 Å². The largest absolute Gasteiger partial charge is 0.461 e. The van der Waals surface area contributed by atoms with Crippen molar-refractivity contribution in [1.82, 2.24) is 0 Å². The predicted molar refractivity (Wildman–Crippen MR) is 73.4 cm³/mol. The highest BCUT2D eigenvalue weighted by molar-refractivity contribution is 5.79. The second-order valence-corrected chi connectivity index (χ2v) is 4.23. The van der Waals surface area contributed by atoms with Crippen molar-refractivity contribution in [2.24, 2.45) is 0 Å². The molecule has 0 aliphatic rings. The quantitative estimate of drug-likeness (QED) is 0.531. The van der Waals surface area contributed by atoms with Gasteiger partial charge in [-0.1, -0.05) is 30.0 Å². The Morgan fingerprint density at radius 2 is 1.61 bits per heavy atom. The van der Waals surface area contributed by atoms with Crippen LogP contribution in [0.2, 0.25) is 0 Å². The SMILES string of the molecule is Cc1cc2cc(C#Cc3ccccc3)ccc2o1. The molecule has 0 spiro atoms. The van der Waals surface area contributed by atoms with Crippen molar-refractivity contribution in [3.05, 3.63) is 71.5 Å². The molecule has 0 fully saturated rings. The van der Waals surface area contributed by atoms with E-state index in [2.05, 4.69) is 17.9 Å². The van der Waals surface area contributed by atoms with Crippen LogP contribution in [0.3, 0.4) is 0 Å². The summed E-state index contributed by atoms with van der Waals surface area (Å²) >= 11 is 0. The van der Waals surface area contributed by atoms with Gasteiger partial charge in [0.25, 0.3) is 0 Å². The highest BCUT2D eigenvalue weighted by atomic mass is 16.3. The van der Waals surface area contributed by atoms with E-state index in [-0.39, 0.29) is 0 Å². The van der Waals surface area contributed by atoms with Gasteiger partial charge in [0.05, 0.1) is 0 Å². The molecular formula is C17H12O. The van der Waals surface area contributed by atoms with Crippen molar-refractivity contribution in [2.45, 2.75) is 6.92 Å². The first-order valence-electron chi connectivity index (χ1n) is 5.88. The van der Waals surface area contributed by atoms with Crippen LogP contribution in [0, 0.1) is 18.8 Å². The molecule has 1 heterocycles. The first-order chi connectivity index (χ1) is 8.81. The molecule has 0 N–H and O–H groups in total. The molecule has 0 radical (unpaired) electrons. The summed E-state index contributed by atoms with van der Waals surface area (Å²) in [5.41, 5.74) is 2.95. The normalized spacial score (nSPS) is 10.1. The van der Waals surface area contributed by atoms with Crippen LogP contribution < -0.4 is 0 Å². The maximum Gasteiger partial charge on any atom is 0.134 e. The van der Waals surface area contributed by atoms with E-state index >= 15 is 0 Å². The monoisotopic (exact) mass is 232 g/mol. The molecule has 0 bridgehead atoms. The molecule has 0 saturated carbocycles. The van der Waals surface area contributed by atoms with E-state index < -0.39 is 0 Å². The zero-order valence-corrected chi connectivity index (χ0v) is 10.1. The molecule has 2 aromatic carbocycles. The minimum Gasteiger partial charge on any atom is -0.461 e. The van der Waals surface area contributed by atoms with Gasteiger partial charge in [-0.3, -0.25) is 0 Å². The maximum atomic E-state index is 5.54. The van der Waals surface area contributed by atoms with Crippen LogP contribution in [0.25, 0.3) is 11.0 Å². The Morgan fingerprint density at radius 3 is 2.44 bits per heavy atom. The molecule has 0 saturated heterocycles. The van der Waals surface area contributed by atoms with Gasteiger partial charge in [0.2, 0.25) is 0 Å².